The summed E-state index contributed by atoms with van der Waals surface area (Å²) in [5, 5.41) is 10.6. The zero-order chi connectivity index (χ0) is 26.3. The van der Waals surface area contributed by atoms with Gasteiger partial charge in [0.15, 0.2) is 0 Å². The highest BCUT2D eigenvalue weighted by atomic mass is 35.5. The number of ether oxygens (including phenoxy) is 2. The number of carboxylic acids is 1. The number of carbonyl (C=O) groups is 2. The standard InChI is InChI=1S/C29H27ClN2O5/c1-17-12-20(36-16-21-15-31(3)26-6-4-5-7-27(26)37-21)9-10-22(17)29(35)32-18(2)23(14-28(33)34)24-13-19(30)8-11-25(24)32/h4-13,21H,14-16H2,1-3H3,(H,33,34)/t21-/m0/s1. The number of rotatable bonds is 6. The van der Waals surface area contributed by atoms with E-state index >= 15 is 0 Å². The minimum Gasteiger partial charge on any atom is -0.490 e. The van der Waals surface area contributed by atoms with E-state index in [1.807, 2.05) is 44.3 Å². The van der Waals surface area contributed by atoms with E-state index in [1.54, 1.807) is 41.8 Å². The van der Waals surface area contributed by atoms with E-state index in [-0.39, 0.29) is 18.4 Å². The number of nitrogens with zero attached hydrogens (tertiary/aromatic N) is 2. The molecule has 0 radical (unpaired) electrons. The number of para-hydroxylation sites is 2. The van der Waals surface area contributed by atoms with Crippen molar-refractivity contribution in [3.63, 3.8) is 0 Å². The Hall–Kier alpha value is -3.97. The average Bonchev–Trinajstić information content (AvgIpc) is 3.12. The van der Waals surface area contributed by atoms with Gasteiger partial charge in [-0.2, -0.15) is 0 Å². The van der Waals surface area contributed by atoms with Gasteiger partial charge in [-0.1, -0.05) is 23.7 Å². The van der Waals surface area contributed by atoms with Crippen LogP contribution in [-0.2, 0) is 11.2 Å². The summed E-state index contributed by atoms with van der Waals surface area (Å²) in [5.41, 5.74) is 4.11. The SMILES string of the molecule is Cc1cc(OC[C@@H]2CN(C)c3ccccc3O2)ccc1C(=O)n1c(C)c(CC(=O)O)c2cc(Cl)ccc21. The van der Waals surface area contributed by atoms with Crippen molar-refractivity contribution >= 4 is 40.1 Å². The smallest absolute Gasteiger partial charge is 0.307 e. The predicted molar refractivity (Wildman–Crippen MR) is 144 cm³/mol. The van der Waals surface area contributed by atoms with Gasteiger partial charge >= 0.3 is 5.97 Å². The molecule has 4 aromatic rings. The Morgan fingerprint density at radius 1 is 1.11 bits per heavy atom. The van der Waals surface area contributed by atoms with Crippen LogP contribution >= 0.6 is 11.6 Å². The fourth-order valence-corrected chi connectivity index (χ4v) is 5.12. The van der Waals surface area contributed by atoms with Crippen molar-refractivity contribution in [3.05, 3.63) is 88.1 Å². The summed E-state index contributed by atoms with van der Waals surface area (Å²) in [5.74, 6) is 0.273. The highest BCUT2D eigenvalue weighted by Gasteiger charge is 2.25. The number of carbonyl (C=O) groups excluding carboxylic acids is 1. The third kappa shape index (κ3) is 4.74. The molecule has 0 aliphatic carbocycles. The van der Waals surface area contributed by atoms with E-state index in [0.717, 1.165) is 17.0 Å². The molecule has 37 heavy (non-hydrogen) atoms. The number of halogens is 1. The summed E-state index contributed by atoms with van der Waals surface area (Å²) in [7, 11) is 2.03. The molecule has 1 atom stereocenters. The summed E-state index contributed by atoms with van der Waals surface area (Å²) < 4.78 is 13.7. The molecule has 3 aromatic carbocycles. The fourth-order valence-electron chi connectivity index (χ4n) is 4.95. The van der Waals surface area contributed by atoms with Gasteiger partial charge in [-0.3, -0.25) is 14.2 Å². The molecule has 1 aliphatic heterocycles. The molecular weight excluding hydrogens is 492 g/mol. The maximum absolute atomic E-state index is 13.7. The molecule has 0 fully saturated rings. The van der Waals surface area contributed by atoms with Crippen LogP contribution in [0.25, 0.3) is 10.9 Å². The lowest BCUT2D eigenvalue weighted by Crippen LogP contribution is -2.41. The first-order valence-electron chi connectivity index (χ1n) is 12.0. The summed E-state index contributed by atoms with van der Waals surface area (Å²) in [6.45, 7) is 4.69. The number of aryl methyl sites for hydroxylation is 1. The number of hydrogen-bond donors (Lipinski definition) is 1. The molecule has 190 valence electrons. The topological polar surface area (TPSA) is 81.0 Å². The Balaban J connectivity index is 1.37. The van der Waals surface area contributed by atoms with Crippen LogP contribution in [0.5, 0.6) is 11.5 Å². The van der Waals surface area contributed by atoms with Gasteiger partial charge in [-0.15, -0.1) is 0 Å². The van der Waals surface area contributed by atoms with Crippen LogP contribution < -0.4 is 14.4 Å². The molecule has 0 spiro atoms. The van der Waals surface area contributed by atoms with Crippen LogP contribution in [0.2, 0.25) is 5.02 Å². The maximum Gasteiger partial charge on any atom is 0.307 e. The molecule has 0 bridgehead atoms. The largest absolute Gasteiger partial charge is 0.490 e. The first-order valence-corrected chi connectivity index (χ1v) is 12.4. The number of carboxylic acid groups (broad SMARTS) is 1. The molecule has 0 amide bonds. The van der Waals surface area contributed by atoms with Crippen LogP contribution in [0, 0.1) is 13.8 Å². The van der Waals surface area contributed by atoms with E-state index in [0.29, 0.717) is 51.6 Å². The first kappa shape index (κ1) is 24.7. The second-order valence-corrected chi connectivity index (χ2v) is 9.75. The van der Waals surface area contributed by atoms with Crippen molar-refractivity contribution in [1.29, 1.82) is 0 Å². The molecule has 0 saturated carbocycles. The number of aliphatic carboxylic acids is 1. The number of likely N-dealkylation sites (N-methyl/N-ethyl adjacent to an activating group) is 1. The summed E-state index contributed by atoms with van der Waals surface area (Å²) >= 11 is 6.18. The number of aromatic nitrogens is 1. The Morgan fingerprint density at radius 2 is 1.89 bits per heavy atom. The van der Waals surface area contributed by atoms with Crippen molar-refractivity contribution in [2.45, 2.75) is 26.4 Å². The van der Waals surface area contributed by atoms with Crippen LogP contribution in [0.3, 0.4) is 0 Å². The summed E-state index contributed by atoms with van der Waals surface area (Å²) in [6, 6.07) is 18.4. The van der Waals surface area contributed by atoms with Crippen LogP contribution in [-0.4, -0.2) is 47.9 Å². The lowest BCUT2D eigenvalue weighted by Gasteiger charge is -2.33. The highest BCUT2D eigenvalue weighted by molar-refractivity contribution is 6.31. The summed E-state index contributed by atoms with van der Waals surface area (Å²) in [6.07, 6.45) is -0.327. The number of benzene rings is 3. The van der Waals surface area contributed by atoms with Crippen LogP contribution in [0.15, 0.2) is 60.7 Å². The van der Waals surface area contributed by atoms with Gasteiger partial charge in [0.1, 0.15) is 24.2 Å². The van der Waals surface area contributed by atoms with Gasteiger partial charge in [-0.25, -0.2) is 0 Å². The monoisotopic (exact) mass is 518 g/mol. The quantitative estimate of drug-likeness (QED) is 0.363. The Morgan fingerprint density at radius 3 is 2.65 bits per heavy atom. The van der Waals surface area contributed by atoms with E-state index in [4.69, 9.17) is 21.1 Å². The number of anilines is 1. The predicted octanol–water partition coefficient (Wildman–Crippen LogP) is 5.50. The van der Waals surface area contributed by atoms with Crippen molar-refractivity contribution in [3.8, 4) is 11.5 Å². The van der Waals surface area contributed by atoms with E-state index in [1.165, 1.54) is 0 Å². The highest BCUT2D eigenvalue weighted by Crippen LogP contribution is 2.33. The summed E-state index contributed by atoms with van der Waals surface area (Å²) in [4.78, 5) is 27.3. The first-order chi connectivity index (χ1) is 17.7. The van der Waals surface area contributed by atoms with E-state index < -0.39 is 5.97 Å². The lowest BCUT2D eigenvalue weighted by atomic mass is 10.1. The number of hydrogen-bond acceptors (Lipinski definition) is 5. The second-order valence-electron chi connectivity index (χ2n) is 9.31. The average molecular weight is 519 g/mol. The van der Waals surface area contributed by atoms with Gasteiger partial charge in [0.25, 0.3) is 5.91 Å². The third-order valence-electron chi connectivity index (χ3n) is 6.74. The minimum atomic E-state index is -0.969. The normalized spacial score (nSPS) is 14.8. The van der Waals surface area contributed by atoms with E-state index in [9.17, 15) is 14.7 Å². The van der Waals surface area contributed by atoms with Gasteiger partial charge in [0, 0.05) is 28.7 Å². The van der Waals surface area contributed by atoms with E-state index in [2.05, 4.69) is 4.90 Å². The molecule has 5 rings (SSSR count). The van der Waals surface area contributed by atoms with Crippen molar-refractivity contribution in [2.24, 2.45) is 0 Å². The zero-order valence-corrected chi connectivity index (χ0v) is 21.6. The second kappa shape index (κ2) is 9.82. The van der Waals surface area contributed by atoms with Crippen LogP contribution in [0.1, 0.15) is 27.2 Å². The Bertz CT molecular complexity index is 1530. The zero-order valence-electron chi connectivity index (χ0n) is 20.8. The van der Waals surface area contributed by atoms with Gasteiger partial charge < -0.3 is 19.5 Å². The maximum atomic E-state index is 13.7. The van der Waals surface area contributed by atoms with Crippen molar-refractivity contribution in [1.82, 2.24) is 4.57 Å². The molecule has 0 saturated heterocycles. The molecule has 0 unspecified atom stereocenters. The molecule has 7 nitrogen and oxygen atoms in total. The minimum absolute atomic E-state index is 0.130. The Labute approximate surface area is 219 Å². The number of fused-ring (bicyclic) bond motifs is 2. The lowest BCUT2D eigenvalue weighted by molar-refractivity contribution is -0.136. The molecule has 2 heterocycles. The fraction of sp³-hybridized carbons (Fsp3) is 0.241. The molecular formula is C29H27ClN2O5. The van der Waals surface area contributed by atoms with Gasteiger partial charge in [0.2, 0.25) is 0 Å². The van der Waals surface area contributed by atoms with Crippen molar-refractivity contribution in [2.75, 3.05) is 25.1 Å². The third-order valence-corrected chi connectivity index (χ3v) is 6.97. The van der Waals surface area contributed by atoms with Crippen LogP contribution in [0.4, 0.5) is 5.69 Å². The Kier molecular flexibility index (Phi) is 6.56. The molecule has 1 N–H and O–H groups in total. The van der Waals surface area contributed by atoms with Crippen molar-refractivity contribution < 1.29 is 24.2 Å². The van der Waals surface area contributed by atoms with Gasteiger partial charge in [0.05, 0.1) is 24.2 Å². The molecule has 8 heteroatoms. The molecule has 1 aromatic heterocycles. The molecule has 1 aliphatic rings. The van der Waals surface area contributed by atoms with Gasteiger partial charge in [-0.05, 0) is 73.5 Å².